The zero-order chi connectivity index (χ0) is 20.2. The van der Waals surface area contributed by atoms with Gasteiger partial charge in [0, 0.05) is 11.1 Å². The topological polar surface area (TPSA) is 47.9 Å². The first-order valence-electron chi connectivity index (χ1n) is 8.83. The molecule has 4 nitrogen and oxygen atoms in total. The molecule has 1 aliphatic heterocycles. The van der Waals surface area contributed by atoms with Crippen molar-refractivity contribution in [1.82, 2.24) is 0 Å². The van der Waals surface area contributed by atoms with E-state index >= 15 is 0 Å². The maximum atomic E-state index is 13.7. The molecule has 0 aliphatic carbocycles. The summed E-state index contributed by atoms with van der Waals surface area (Å²) < 4.78 is 37.9. The van der Waals surface area contributed by atoms with Crippen LogP contribution < -0.4 is 4.74 Å². The summed E-state index contributed by atoms with van der Waals surface area (Å²) in [5.41, 5.74) is 1.58. The van der Waals surface area contributed by atoms with E-state index in [0.29, 0.717) is 22.4 Å². The van der Waals surface area contributed by atoms with Gasteiger partial charge < -0.3 is 9.47 Å². The van der Waals surface area contributed by atoms with Crippen LogP contribution in [0.25, 0.3) is 6.08 Å². The molecule has 0 N–H and O–H groups in total. The number of cyclic esters (lactones) is 1. The lowest BCUT2D eigenvalue weighted by atomic mass is 10.2. The van der Waals surface area contributed by atoms with Crippen molar-refractivity contribution in [3.05, 3.63) is 107 Å². The van der Waals surface area contributed by atoms with E-state index in [-0.39, 0.29) is 24.0 Å². The van der Waals surface area contributed by atoms with Gasteiger partial charge in [-0.3, -0.25) is 0 Å². The third-order valence-electron chi connectivity index (χ3n) is 4.21. The van der Waals surface area contributed by atoms with E-state index in [4.69, 9.17) is 9.47 Å². The van der Waals surface area contributed by atoms with Crippen molar-refractivity contribution in [2.24, 2.45) is 4.99 Å². The van der Waals surface area contributed by atoms with Gasteiger partial charge in [0.2, 0.25) is 5.90 Å². The highest BCUT2D eigenvalue weighted by Crippen LogP contribution is 2.22. The number of esters is 1. The van der Waals surface area contributed by atoms with Crippen LogP contribution in [0.5, 0.6) is 5.75 Å². The Morgan fingerprint density at radius 2 is 1.79 bits per heavy atom. The second kappa shape index (κ2) is 8.06. The van der Waals surface area contributed by atoms with Crippen LogP contribution in [0.1, 0.15) is 16.7 Å². The average molecular weight is 391 g/mol. The van der Waals surface area contributed by atoms with Crippen molar-refractivity contribution < 1.29 is 23.0 Å². The molecular weight excluding hydrogens is 376 g/mol. The largest absolute Gasteiger partial charge is 0.489 e. The minimum absolute atomic E-state index is 0.0488. The van der Waals surface area contributed by atoms with Gasteiger partial charge >= 0.3 is 5.97 Å². The lowest BCUT2D eigenvalue weighted by Crippen LogP contribution is -2.05. The summed E-state index contributed by atoms with van der Waals surface area (Å²) in [6.07, 6.45) is 1.55. The number of halogens is 2. The summed E-state index contributed by atoms with van der Waals surface area (Å²) >= 11 is 0. The second-order valence-corrected chi connectivity index (χ2v) is 6.30. The molecule has 0 spiro atoms. The molecule has 0 bridgehead atoms. The summed E-state index contributed by atoms with van der Waals surface area (Å²) in [5, 5.41) is 0. The SMILES string of the molecule is O=C1OC(c2cccc(F)c2)=N/C1=C/c1cccc(OCc2ccccc2F)c1. The highest BCUT2D eigenvalue weighted by atomic mass is 19.1. The summed E-state index contributed by atoms with van der Waals surface area (Å²) in [7, 11) is 0. The third-order valence-corrected chi connectivity index (χ3v) is 4.21. The predicted molar refractivity (Wildman–Crippen MR) is 104 cm³/mol. The standard InChI is InChI=1S/C23H15F2NO3/c24-18-8-4-7-16(13-18)22-26-21(23(27)29-22)12-15-5-3-9-19(11-15)28-14-17-6-1-2-10-20(17)25/h1-13H,14H2/b21-12+. The molecule has 6 heteroatoms. The average Bonchev–Trinajstić information content (AvgIpc) is 3.08. The molecule has 29 heavy (non-hydrogen) atoms. The molecule has 0 amide bonds. The molecule has 0 fully saturated rings. The number of carbonyl (C=O) groups is 1. The molecule has 1 aliphatic rings. The summed E-state index contributed by atoms with van der Waals surface area (Å²) in [6.45, 7) is 0.0800. The minimum atomic E-state index is -0.623. The molecule has 4 rings (SSSR count). The molecule has 144 valence electrons. The molecule has 0 unspecified atom stereocenters. The van der Waals surface area contributed by atoms with Crippen LogP contribution in [-0.4, -0.2) is 11.9 Å². The maximum Gasteiger partial charge on any atom is 0.363 e. The Labute approximate surface area is 165 Å². The van der Waals surface area contributed by atoms with Crippen molar-refractivity contribution in [1.29, 1.82) is 0 Å². The second-order valence-electron chi connectivity index (χ2n) is 6.30. The molecule has 0 saturated carbocycles. The molecule has 1 heterocycles. The van der Waals surface area contributed by atoms with Crippen molar-refractivity contribution in [2.75, 3.05) is 0 Å². The van der Waals surface area contributed by atoms with Crippen molar-refractivity contribution in [3.63, 3.8) is 0 Å². The van der Waals surface area contributed by atoms with Gasteiger partial charge in [-0.15, -0.1) is 0 Å². The van der Waals surface area contributed by atoms with E-state index in [9.17, 15) is 13.6 Å². The van der Waals surface area contributed by atoms with Crippen LogP contribution in [-0.2, 0) is 16.1 Å². The van der Waals surface area contributed by atoms with Crippen LogP contribution in [0.3, 0.4) is 0 Å². The summed E-state index contributed by atoms with van der Waals surface area (Å²) in [4.78, 5) is 16.3. The fraction of sp³-hybridized carbons (Fsp3) is 0.0435. The fourth-order valence-electron chi connectivity index (χ4n) is 2.78. The van der Waals surface area contributed by atoms with Gasteiger partial charge in [0.25, 0.3) is 0 Å². The zero-order valence-electron chi connectivity index (χ0n) is 15.1. The lowest BCUT2D eigenvalue weighted by molar-refractivity contribution is -0.129. The summed E-state index contributed by atoms with van der Waals surface area (Å²) in [6, 6.07) is 19.0. The van der Waals surface area contributed by atoms with Crippen molar-refractivity contribution >= 4 is 17.9 Å². The third kappa shape index (κ3) is 4.38. The highest BCUT2D eigenvalue weighted by Gasteiger charge is 2.24. The van der Waals surface area contributed by atoms with Crippen LogP contribution in [0.15, 0.2) is 83.5 Å². The first-order valence-corrected chi connectivity index (χ1v) is 8.83. The first-order chi connectivity index (χ1) is 14.1. The number of nitrogens with zero attached hydrogens (tertiary/aromatic N) is 1. The molecule has 3 aromatic carbocycles. The number of aliphatic imine (C=N–C) groups is 1. The van der Waals surface area contributed by atoms with Crippen LogP contribution in [0.2, 0.25) is 0 Å². The Balaban J connectivity index is 1.53. The van der Waals surface area contributed by atoms with Gasteiger partial charge in [0.1, 0.15) is 24.0 Å². The van der Waals surface area contributed by atoms with Crippen molar-refractivity contribution in [3.8, 4) is 5.75 Å². The van der Waals surface area contributed by atoms with E-state index in [1.54, 1.807) is 54.6 Å². The highest BCUT2D eigenvalue weighted by molar-refractivity contribution is 6.12. The Bertz CT molecular complexity index is 1140. The van der Waals surface area contributed by atoms with Gasteiger partial charge in [0.05, 0.1) is 0 Å². The van der Waals surface area contributed by atoms with Gasteiger partial charge in [-0.2, -0.15) is 0 Å². The Morgan fingerprint density at radius 3 is 2.62 bits per heavy atom. The van der Waals surface area contributed by atoms with Crippen LogP contribution in [0, 0.1) is 11.6 Å². The van der Waals surface area contributed by atoms with E-state index < -0.39 is 11.8 Å². The number of benzene rings is 3. The minimum Gasteiger partial charge on any atom is -0.489 e. The zero-order valence-corrected chi connectivity index (χ0v) is 15.1. The van der Waals surface area contributed by atoms with E-state index in [1.807, 2.05) is 0 Å². The van der Waals surface area contributed by atoms with Crippen molar-refractivity contribution in [2.45, 2.75) is 6.61 Å². The monoisotopic (exact) mass is 391 g/mol. The predicted octanol–water partition coefficient (Wildman–Crippen LogP) is 4.89. The smallest absolute Gasteiger partial charge is 0.363 e. The van der Waals surface area contributed by atoms with E-state index in [2.05, 4.69) is 4.99 Å². The van der Waals surface area contributed by atoms with Crippen LogP contribution in [0.4, 0.5) is 8.78 Å². The van der Waals surface area contributed by atoms with Gasteiger partial charge in [0.15, 0.2) is 5.70 Å². The first kappa shape index (κ1) is 18.6. The molecule has 0 atom stereocenters. The quantitative estimate of drug-likeness (QED) is 0.460. The molecule has 0 saturated heterocycles. The number of hydrogen-bond acceptors (Lipinski definition) is 4. The normalized spacial score (nSPS) is 14.6. The van der Waals surface area contributed by atoms with E-state index in [0.717, 1.165) is 0 Å². The number of rotatable bonds is 5. The van der Waals surface area contributed by atoms with Gasteiger partial charge in [-0.25, -0.2) is 18.6 Å². The number of hydrogen-bond donors (Lipinski definition) is 0. The Kier molecular flexibility index (Phi) is 5.16. The fourth-order valence-corrected chi connectivity index (χ4v) is 2.78. The molecule has 3 aromatic rings. The van der Waals surface area contributed by atoms with Gasteiger partial charge in [-0.05, 0) is 48.0 Å². The maximum absolute atomic E-state index is 13.7. The van der Waals surface area contributed by atoms with Gasteiger partial charge in [-0.1, -0.05) is 36.4 Å². The summed E-state index contributed by atoms with van der Waals surface area (Å²) in [5.74, 6) is -0.838. The molecule has 0 radical (unpaired) electrons. The molecule has 0 aromatic heterocycles. The van der Waals surface area contributed by atoms with E-state index in [1.165, 1.54) is 24.3 Å². The number of carbonyl (C=O) groups excluding carboxylic acids is 1. The number of ether oxygens (including phenoxy) is 2. The Morgan fingerprint density at radius 1 is 0.966 bits per heavy atom. The van der Waals surface area contributed by atoms with Crippen LogP contribution >= 0.6 is 0 Å². The molecular formula is C23H15F2NO3. The Hall–Kier alpha value is -3.80. The lowest BCUT2D eigenvalue weighted by Gasteiger charge is -2.07.